The first kappa shape index (κ1) is 12.9. The van der Waals surface area contributed by atoms with E-state index in [0.717, 1.165) is 7.11 Å². The lowest BCUT2D eigenvalue weighted by molar-refractivity contribution is -0.198. The van der Waals surface area contributed by atoms with Gasteiger partial charge in [-0.05, 0) is 6.92 Å². The number of methoxy groups -OCH3 is 1. The Morgan fingerprint density at radius 3 is 2.29 bits per heavy atom. The van der Waals surface area contributed by atoms with Crippen LogP contribution in [-0.2, 0) is 24.0 Å². The van der Waals surface area contributed by atoms with Crippen LogP contribution >= 0.6 is 0 Å². The lowest BCUT2D eigenvalue weighted by Gasteiger charge is -2.16. The molecule has 1 N–H and O–H groups in total. The van der Waals surface area contributed by atoms with Crippen molar-refractivity contribution in [2.45, 2.75) is 25.8 Å². The molecule has 1 fully saturated rings. The Balaban J connectivity index is 2.51. The summed E-state index contributed by atoms with van der Waals surface area (Å²) in [5.74, 6) is -2.07. The molecule has 0 radical (unpaired) electrons. The average Bonchev–Trinajstić information content (AvgIpc) is 2.60. The summed E-state index contributed by atoms with van der Waals surface area (Å²) in [5.41, 5.74) is 0. The van der Waals surface area contributed by atoms with E-state index in [1.807, 2.05) is 0 Å². The maximum Gasteiger partial charge on any atom is 0.407 e. The highest BCUT2D eigenvalue weighted by molar-refractivity contribution is 6.01. The summed E-state index contributed by atoms with van der Waals surface area (Å²) in [6.45, 7) is 1.34. The number of amides is 3. The van der Waals surface area contributed by atoms with Crippen molar-refractivity contribution in [1.82, 2.24) is 10.4 Å². The van der Waals surface area contributed by atoms with Gasteiger partial charge in [0, 0.05) is 12.8 Å². The van der Waals surface area contributed by atoms with Crippen LogP contribution in [0.1, 0.15) is 19.8 Å². The number of hydrogen-bond acceptors (Lipinski definition) is 6. The first-order chi connectivity index (χ1) is 7.95. The number of hydrogen-bond donors (Lipinski definition) is 1. The van der Waals surface area contributed by atoms with Gasteiger partial charge in [0.15, 0.2) is 0 Å². The fourth-order valence-electron chi connectivity index (χ4n) is 1.12. The lowest BCUT2D eigenvalue weighted by atomic mass is 10.3. The molecule has 0 aromatic heterocycles. The Bertz CT molecular complexity index is 350. The SMILES string of the molecule is COC(=O)NC(C)C(=O)ON1C(=O)CCC1=O. The normalized spacial score (nSPS) is 16.7. The minimum atomic E-state index is -1.02. The molecule has 1 unspecified atom stereocenters. The fraction of sp³-hybridized carbons (Fsp3) is 0.556. The van der Waals surface area contributed by atoms with Crippen LogP contribution in [0.15, 0.2) is 0 Å². The van der Waals surface area contributed by atoms with E-state index in [1.54, 1.807) is 0 Å². The Kier molecular flexibility index (Phi) is 4.02. The second-order valence-electron chi connectivity index (χ2n) is 3.35. The van der Waals surface area contributed by atoms with Gasteiger partial charge in [0.05, 0.1) is 7.11 Å². The molecule has 1 saturated heterocycles. The zero-order valence-electron chi connectivity index (χ0n) is 9.39. The number of ether oxygens (including phenoxy) is 1. The molecule has 0 aliphatic carbocycles. The van der Waals surface area contributed by atoms with E-state index >= 15 is 0 Å². The second kappa shape index (κ2) is 5.28. The van der Waals surface area contributed by atoms with E-state index in [0.29, 0.717) is 5.06 Å². The third-order valence-corrected chi connectivity index (χ3v) is 2.06. The van der Waals surface area contributed by atoms with Crippen LogP contribution in [0.2, 0.25) is 0 Å². The fourth-order valence-corrected chi connectivity index (χ4v) is 1.12. The van der Waals surface area contributed by atoms with Gasteiger partial charge in [0.1, 0.15) is 6.04 Å². The van der Waals surface area contributed by atoms with Gasteiger partial charge < -0.3 is 14.9 Å². The predicted octanol–water partition coefficient (Wildman–Crippen LogP) is -0.662. The maximum atomic E-state index is 11.4. The third-order valence-electron chi connectivity index (χ3n) is 2.06. The number of nitrogens with zero attached hydrogens (tertiary/aromatic N) is 1. The summed E-state index contributed by atoms with van der Waals surface area (Å²) in [7, 11) is 1.14. The molecule has 1 heterocycles. The van der Waals surface area contributed by atoms with Crippen molar-refractivity contribution in [3.8, 4) is 0 Å². The van der Waals surface area contributed by atoms with E-state index in [4.69, 9.17) is 0 Å². The average molecular weight is 244 g/mol. The number of hydroxylamine groups is 2. The summed E-state index contributed by atoms with van der Waals surface area (Å²) in [4.78, 5) is 49.0. The van der Waals surface area contributed by atoms with Crippen LogP contribution in [0.3, 0.4) is 0 Å². The number of imide groups is 1. The molecule has 8 nitrogen and oxygen atoms in total. The van der Waals surface area contributed by atoms with Gasteiger partial charge in [-0.2, -0.15) is 0 Å². The quantitative estimate of drug-likeness (QED) is 0.661. The van der Waals surface area contributed by atoms with E-state index in [2.05, 4.69) is 14.9 Å². The summed E-state index contributed by atoms with van der Waals surface area (Å²) < 4.78 is 4.28. The van der Waals surface area contributed by atoms with Crippen LogP contribution < -0.4 is 5.32 Å². The van der Waals surface area contributed by atoms with Gasteiger partial charge in [-0.3, -0.25) is 9.59 Å². The predicted molar refractivity (Wildman–Crippen MR) is 52.2 cm³/mol. The molecule has 8 heteroatoms. The first-order valence-electron chi connectivity index (χ1n) is 4.87. The van der Waals surface area contributed by atoms with E-state index in [-0.39, 0.29) is 12.8 Å². The minimum Gasteiger partial charge on any atom is -0.453 e. The molecule has 0 aromatic rings. The standard InChI is InChI=1S/C9H12N2O6/c1-5(10-9(15)16-2)8(14)17-11-6(12)3-4-7(11)13/h5H,3-4H2,1-2H3,(H,10,15). The van der Waals surface area contributed by atoms with Crippen molar-refractivity contribution < 1.29 is 28.8 Å². The van der Waals surface area contributed by atoms with E-state index < -0.39 is 29.9 Å². The highest BCUT2D eigenvalue weighted by atomic mass is 16.7. The largest absolute Gasteiger partial charge is 0.453 e. The Morgan fingerprint density at radius 1 is 1.29 bits per heavy atom. The topological polar surface area (TPSA) is 102 Å². The lowest BCUT2D eigenvalue weighted by Crippen LogP contribution is -2.43. The maximum absolute atomic E-state index is 11.4. The first-order valence-corrected chi connectivity index (χ1v) is 4.87. The van der Waals surface area contributed by atoms with Crippen molar-refractivity contribution in [1.29, 1.82) is 0 Å². The summed E-state index contributed by atoms with van der Waals surface area (Å²) in [6, 6.07) is -1.02. The molecule has 17 heavy (non-hydrogen) atoms. The van der Waals surface area contributed by atoms with Crippen LogP contribution in [0, 0.1) is 0 Å². The molecule has 0 spiro atoms. The molecule has 1 atom stereocenters. The van der Waals surface area contributed by atoms with Crippen LogP contribution in [0.25, 0.3) is 0 Å². The van der Waals surface area contributed by atoms with Crippen LogP contribution in [-0.4, -0.2) is 42.1 Å². The minimum absolute atomic E-state index is 0.0188. The molecule has 0 saturated carbocycles. The number of nitrogens with one attached hydrogen (secondary N) is 1. The summed E-state index contributed by atoms with van der Waals surface area (Å²) in [6.07, 6.45) is -0.774. The molecule has 3 amide bonds. The number of carbonyl (C=O) groups is 4. The van der Waals surface area contributed by atoms with Gasteiger partial charge in [0.2, 0.25) is 0 Å². The summed E-state index contributed by atoms with van der Waals surface area (Å²) in [5, 5.41) is 2.56. The van der Waals surface area contributed by atoms with E-state index in [1.165, 1.54) is 6.92 Å². The Hall–Kier alpha value is -2.12. The highest BCUT2D eigenvalue weighted by Gasteiger charge is 2.34. The molecule has 1 aliphatic rings. The zero-order chi connectivity index (χ0) is 13.0. The molecule has 1 aliphatic heterocycles. The van der Waals surface area contributed by atoms with Crippen molar-refractivity contribution in [3.05, 3.63) is 0 Å². The third kappa shape index (κ3) is 3.16. The molecule has 0 aromatic carbocycles. The number of alkyl carbamates (subject to hydrolysis) is 1. The van der Waals surface area contributed by atoms with Crippen molar-refractivity contribution >= 4 is 23.9 Å². The highest BCUT2D eigenvalue weighted by Crippen LogP contribution is 2.12. The van der Waals surface area contributed by atoms with Crippen molar-refractivity contribution in [2.75, 3.05) is 7.11 Å². The van der Waals surface area contributed by atoms with Gasteiger partial charge in [-0.15, -0.1) is 5.06 Å². The molecule has 1 rings (SSSR count). The summed E-state index contributed by atoms with van der Waals surface area (Å²) >= 11 is 0. The Morgan fingerprint density at radius 2 is 1.82 bits per heavy atom. The monoisotopic (exact) mass is 244 g/mol. The van der Waals surface area contributed by atoms with Crippen molar-refractivity contribution in [3.63, 3.8) is 0 Å². The molecule has 0 bridgehead atoms. The molecular formula is C9H12N2O6. The number of carbonyl (C=O) groups excluding carboxylic acids is 4. The van der Waals surface area contributed by atoms with Gasteiger partial charge in [-0.1, -0.05) is 0 Å². The molecule has 94 valence electrons. The Labute approximate surface area is 96.8 Å². The van der Waals surface area contributed by atoms with Gasteiger partial charge in [0.25, 0.3) is 11.8 Å². The van der Waals surface area contributed by atoms with Crippen LogP contribution in [0.5, 0.6) is 0 Å². The van der Waals surface area contributed by atoms with Crippen LogP contribution in [0.4, 0.5) is 4.79 Å². The second-order valence-corrected chi connectivity index (χ2v) is 3.35. The van der Waals surface area contributed by atoms with Gasteiger partial charge >= 0.3 is 12.1 Å². The number of rotatable bonds is 3. The zero-order valence-corrected chi connectivity index (χ0v) is 9.39. The molecular weight excluding hydrogens is 232 g/mol. The smallest absolute Gasteiger partial charge is 0.407 e. The van der Waals surface area contributed by atoms with Crippen molar-refractivity contribution in [2.24, 2.45) is 0 Å². The van der Waals surface area contributed by atoms with E-state index in [9.17, 15) is 19.2 Å². The van der Waals surface area contributed by atoms with Gasteiger partial charge in [-0.25, -0.2) is 9.59 Å².